The van der Waals surface area contributed by atoms with Crippen molar-refractivity contribution in [3.63, 3.8) is 0 Å². The lowest BCUT2D eigenvalue weighted by Gasteiger charge is -2.28. The van der Waals surface area contributed by atoms with E-state index in [2.05, 4.69) is 58.3 Å². The van der Waals surface area contributed by atoms with Crippen LogP contribution in [0, 0.1) is 13.8 Å². The van der Waals surface area contributed by atoms with E-state index in [9.17, 15) is 0 Å². The summed E-state index contributed by atoms with van der Waals surface area (Å²) in [6.45, 7) is 8.53. The number of hydrogen-bond acceptors (Lipinski definition) is 8. The second-order valence-corrected chi connectivity index (χ2v) is 10.4. The molecule has 0 aliphatic heterocycles. The monoisotopic (exact) mass is 570 g/mol. The Labute approximate surface area is 249 Å². The predicted molar refractivity (Wildman–Crippen MR) is 165 cm³/mol. The highest BCUT2D eigenvalue weighted by atomic mass is 16.5. The molecule has 8 nitrogen and oxygen atoms in total. The second-order valence-electron chi connectivity index (χ2n) is 10.4. The number of hydrogen-bond donors (Lipinski definition) is 0. The molecule has 0 radical (unpaired) electrons. The molecule has 2 heterocycles. The lowest BCUT2D eigenvalue weighted by atomic mass is 10.1. The van der Waals surface area contributed by atoms with E-state index in [1.807, 2.05) is 38.1 Å². The number of pyridine rings is 2. The topological polar surface area (TPSA) is 69.2 Å². The molecular formula is C34H42N4O4. The molecule has 0 saturated heterocycles. The third kappa shape index (κ3) is 9.19. The molecule has 222 valence electrons. The van der Waals surface area contributed by atoms with Gasteiger partial charge in [0.25, 0.3) is 0 Å². The first-order chi connectivity index (χ1) is 20.4. The van der Waals surface area contributed by atoms with Gasteiger partial charge in [-0.05, 0) is 73.5 Å². The summed E-state index contributed by atoms with van der Waals surface area (Å²) in [5, 5.41) is 0. The van der Waals surface area contributed by atoms with E-state index in [-0.39, 0.29) is 0 Å². The Kier molecular flexibility index (Phi) is 11.1. The van der Waals surface area contributed by atoms with Crippen LogP contribution in [0.15, 0.2) is 72.8 Å². The van der Waals surface area contributed by atoms with Gasteiger partial charge < -0.3 is 18.9 Å². The maximum absolute atomic E-state index is 5.54. The molecular weight excluding hydrogens is 528 g/mol. The maximum atomic E-state index is 5.54. The lowest BCUT2D eigenvalue weighted by molar-refractivity contribution is 0.180. The van der Waals surface area contributed by atoms with Crippen molar-refractivity contribution in [2.75, 3.05) is 41.5 Å². The van der Waals surface area contributed by atoms with Crippen LogP contribution >= 0.6 is 0 Å². The van der Waals surface area contributed by atoms with Crippen molar-refractivity contribution in [1.82, 2.24) is 19.8 Å². The zero-order valence-corrected chi connectivity index (χ0v) is 25.6. The van der Waals surface area contributed by atoms with Gasteiger partial charge in [0.15, 0.2) is 0 Å². The number of aryl methyl sites for hydroxylation is 2. The molecule has 0 fully saturated rings. The molecule has 0 bridgehead atoms. The Morgan fingerprint density at radius 2 is 0.857 bits per heavy atom. The van der Waals surface area contributed by atoms with E-state index in [1.54, 1.807) is 28.4 Å². The van der Waals surface area contributed by atoms with Crippen LogP contribution in [0.3, 0.4) is 0 Å². The van der Waals surface area contributed by atoms with Crippen LogP contribution < -0.4 is 18.9 Å². The van der Waals surface area contributed by atoms with Crippen LogP contribution in [0.5, 0.6) is 23.0 Å². The van der Waals surface area contributed by atoms with Gasteiger partial charge in [-0.1, -0.05) is 12.1 Å². The number of benzene rings is 2. The summed E-state index contributed by atoms with van der Waals surface area (Å²) >= 11 is 0. The van der Waals surface area contributed by atoms with E-state index >= 15 is 0 Å². The fraction of sp³-hybridized carbons (Fsp3) is 0.353. The van der Waals surface area contributed by atoms with Crippen molar-refractivity contribution < 1.29 is 18.9 Å². The van der Waals surface area contributed by atoms with Gasteiger partial charge in [-0.15, -0.1) is 0 Å². The number of methoxy groups -OCH3 is 4. The summed E-state index contributed by atoms with van der Waals surface area (Å²) in [5.74, 6) is 3.10. The molecule has 0 N–H and O–H groups in total. The first kappa shape index (κ1) is 30.8. The number of rotatable bonds is 15. The van der Waals surface area contributed by atoms with Gasteiger partial charge in [-0.2, -0.15) is 0 Å². The second kappa shape index (κ2) is 15.2. The van der Waals surface area contributed by atoms with Crippen LogP contribution in [0.1, 0.15) is 33.9 Å². The van der Waals surface area contributed by atoms with E-state index in [0.717, 1.165) is 70.0 Å². The summed E-state index contributed by atoms with van der Waals surface area (Å²) < 4.78 is 22.2. The van der Waals surface area contributed by atoms with Gasteiger partial charge in [0.2, 0.25) is 0 Å². The van der Waals surface area contributed by atoms with E-state index in [4.69, 9.17) is 28.9 Å². The number of ether oxygens (including phenoxy) is 4. The minimum atomic E-state index is 0.713. The zero-order chi connectivity index (χ0) is 29.9. The summed E-state index contributed by atoms with van der Waals surface area (Å²) in [6, 6.07) is 24.4. The van der Waals surface area contributed by atoms with Gasteiger partial charge in [0.05, 0.1) is 39.8 Å². The smallest absolute Gasteiger partial charge is 0.122 e. The molecule has 0 saturated carbocycles. The van der Waals surface area contributed by atoms with E-state index < -0.39 is 0 Å². The minimum absolute atomic E-state index is 0.713. The lowest BCUT2D eigenvalue weighted by Crippen LogP contribution is -2.34. The molecule has 0 aliphatic carbocycles. The summed E-state index contributed by atoms with van der Waals surface area (Å²) in [4.78, 5) is 14.4. The predicted octanol–water partition coefficient (Wildman–Crippen LogP) is 5.83. The fourth-order valence-corrected chi connectivity index (χ4v) is 4.98. The van der Waals surface area contributed by atoms with Crippen LogP contribution in [0.25, 0.3) is 0 Å². The Morgan fingerprint density at radius 3 is 1.17 bits per heavy atom. The normalized spacial score (nSPS) is 11.1. The van der Waals surface area contributed by atoms with E-state index in [0.29, 0.717) is 26.2 Å². The number of aromatic nitrogens is 2. The van der Waals surface area contributed by atoms with Gasteiger partial charge in [0, 0.05) is 62.8 Å². The highest BCUT2D eigenvalue weighted by molar-refractivity contribution is 5.39. The van der Waals surface area contributed by atoms with Crippen LogP contribution in [0.4, 0.5) is 0 Å². The van der Waals surface area contributed by atoms with Crippen LogP contribution in [-0.4, -0.2) is 61.3 Å². The highest BCUT2D eigenvalue weighted by Crippen LogP contribution is 2.25. The summed E-state index contributed by atoms with van der Waals surface area (Å²) in [7, 11) is 6.71. The van der Waals surface area contributed by atoms with Crippen molar-refractivity contribution in [2.24, 2.45) is 0 Å². The Bertz CT molecular complexity index is 1290. The van der Waals surface area contributed by atoms with Gasteiger partial charge in [-0.25, -0.2) is 0 Å². The number of nitrogens with zero attached hydrogens (tertiary/aromatic N) is 4. The molecule has 2 aromatic heterocycles. The van der Waals surface area contributed by atoms with Gasteiger partial charge >= 0.3 is 0 Å². The SMILES string of the molecule is COc1cc(CN(CCN(Cc2cc(OC)cc(OC)c2)Cc2cccc(C)n2)Cc2cccc(C)n2)cc(OC)c1. The van der Waals surface area contributed by atoms with Crippen molar-refractivity contribution in [3.05, 3.63) is 107 Å². The Hall–Kier alpha value is -4.14. The average Bonchev–Trinajstić information content (AvgIpc) is 2.99. The van der Waals surface area contributed by atoms with Crippen molar-refractivity contribution in [2.45, 2.75) is 40.0 Å². The van der Waals surface area contributed by atoms with Crippen LogP contribution in [-0.2, 0) is 26.2 Å². The molecule has 8 heteroatoms. The first-order valence-corrected chi connectivity index (χ1v) is 14.1. The van der Waals surface area contributed by atoms with Crippen molar-refractivity contribution in [3.8, 4) is 23.0 Å². The van der Waals surface area contributed by atoms with Crippen molar-refractivity contribution in [1.29, 1.82) is 0 Å². The standard InChI is InChI=1S/C34H42N4O4/c1-25-9-7-11-29(35-25)23-37(21-27-15-31(39-3)19-32(16-27)40-4)13-14-38(24-30-12-8-10-26(2)36-30)22-28-17-33(41-5)20-34(18-28)42-6/h7-12,15-20H,13-14,21-24H2,1-6H3. The zero-order valence-electron chi connectivity index (χ0n) is 25.6. The molecule has 0 atom stereocenters. The average molecular weight is 571 g/mol. The molecule has 0 spiro atoms. The first-order valence-electron chi connectivity index (χ1n) is 14.1. The summed E-state index contributed by atoms with van der Waals surface area (Å²) in [5.41, 5.74) is 6.32. The highest BCUT2D eigenvalue weighted by Gasteiger charge is 2.16. The molecule has 42 heavy (non-hydrogen) atoms. The fourth-order valence-electron chi connectivity index (χ4n) is 4.98. The Balaban J connectivity index is 1.60. The quantitative estimate of drug-likeness (QED) is 0.177. The third-order valence-electron chi connectivity index (χ3n) is 7.03. The van der Waals surface area contributed by atoms with Crippen molar-refractivity contribution >= 4 is 0 Å². The molecule has 4 aromatic rings. The third-order valence-corrected chi connectivity index (χ3v) is 7.03. The molecule has 0 amide bonds. The molecule has 0 unspecified atom stereocenters. The largest absolute Gasteiger partial charge is 0.497 e. The summed E-state index contributed by atoms with van der Waals surface area (Å²) in [6.07, 6.45) is 0. The molecule has 2 aromatic carbocycles. The van der Waals surface area contributed by atoms with E-state index in [1.165, 1.54) is 0 Å². The minimum Gasteiger partial charge on any atom is -0.497 e. The Morgan fingerprint density at radius 1 is 0.500 bits per heavy atom. The van der Waals surface area contributed by atoms with Crippen LogP contribution in [0.2, 0.25) is 0 Å². The van der Waals surface area contributed by atoms with Gasteiger partial charge in [-0.3, -0.25) is 19.8 Å². The van der Waals surface area contributed by atoms with Gasteiger partial charge in [0.1, 0.15) is 23.0 Å². The molecule has 0 aliphatic rings. The molecule has 4 rings (SSSR count). The maximum Gasteiger partial charge on any atom is 0.122 e.